The Bertz CT molecular complexity index is 1060. The summed E-state index contributed by atoms with van der Waals surface area (Å²) < 4.78 is 1.77. The van der Waals surface area contributed by atoms with E-state index in [1.54, 1.807) is 22.7 Å². The first-order valence-electron chi connectivity index (χ1n) is 10.2. The van der Waals surface area contributed by atoms with Crippen LogP contribution in [0.4, 0.5) is 0 Å². The van der Waals surface area contributed by atoms with Gasteiger partial charge in [-0.05, 0) is 29.0 Å². The van der Waals surface area contributed by atoms with Gasteiger partial charge in [0.05, 0.1) is 5.69 Å². The molecule has 0 bridgehead atoms. The SMILES string of the molecule is CCc1nc2cc(Cl)ccn2c1C(=O)NCc1ccc(CC(=O)CC(C)(C)C)cc1. The molecule has 0 atom stereocenters. The second-order valence-corrected chi connectivity index (χ2v) is 9.22. The molecule has 0 aliphatic carbocycles. The summed E-state index contributed by atoms with van der Waals surface area (Å²) in [6.07, 6.45) is 3.42. The molecule has 0 aliphatic heterocycles. The van der Waals surface area contributed by atoms with Crippen molar-refractivity contribution < 1.29 is 9.59 Å². The highest BCUT2D eigenvalue weighted by molar-refractivity contribution is 6.30. The maximum atomic E-state index is 12.9. The smallest absolute Gasteiger partial charge is 0.270 e. The minimum atomic E-state index is -0.175. The van der Waals surface area contributed by atoms with Crippen molar-refractivity contribution >= 4 is 28.9 Å². The van der Waals surface area contributed by atoms with E-state index in [0.717, 1.165) is 16.8 Å². The van der Waals surface area contributed by atoms with Crippen LogP contribution in [0.25, 0.3) is 5.65 Å². The number of ketones is 1. The lowest BCUT2D eigenvalue weighted by Crippen LogP contribution is -2.25. The number of carbonyl (C=O) groups is 2. The van der Waals surface area contributed by atoms with Crippen LogP contribution in [0.2, 0.25) is 5.02 Å². The van der Waals surface area contributed by atoms with Gasteiger partial charge in [-0.3, -0.25) is 14.0 Å². The zero-order valence-electron chi connectivity index (χ0n) is 18.0. The number of benzene rings is 1. The van der Waals surface area contributed by atoms with Gasteiger partial charge in [-0.1, -0.05) is 63.6 Å². The average molecular weight is 426 g/mol. The van der Waals surface area contributed by atoms with Crippen LogP contribution in [0.1, 0.15) is 61.4 Å². The Kier molecular flexibility index (Phi) is 6.61. The molecule has 2 aromatic heterocycles. The van der Waals surface area contributed by atoms with E-state index in [2.05, 4.69) is 31.1 Å². The molecule has 0 saturated carbocycles. The van der Waals surface area contributed by atoms with Gasteiger partial charge < -0.3 is 5.32 Å². The second kappa shape index (κ2) is 9.00. The van der Waals surface area contributed by atoms with Crippen molar-refractivity contribution in [3.8, 4) is 0 Å². The van der Waals surface area contributed by atoms with Crippen molar-refractivity contribution in [1.82, 2.24) is 14.7 Å². The predicted molar refractivity (Wildman–Crippen MR) is 120 cm³/mol. The van der Waals surface area contributed by atoms with E-state index in [-0.39, 0.29) is 17.1 Å². The van der Waals surface area contributed by atoms with E-state index >= 15 is 0 Å². The fourth-order valence-electron chi connectivity index (χ4n) is 3.48. The van der Waals surface area contributed by atoms with E-state index in [1.165, 1.54) is 0 Å². The van der Waals surface area contributed by atoms with Gasteiger partial charge in [0.15, 0.2) is 0 Å². The molecule has 0 unspecified atom stereocenters. The van der Waals surface area contributed by atoms with E-state index in [9.17, 15) is 9.59 Å². The minimum absolute atomic E-state index is 0.00181. The molecule has 2 heterocycles. The number of hydrogen-bond acceptors (Lipinski definition) is 3. The molecular weight excluding hydrogens is 398 g/mol. The molecule has 0 radical (unpaired) electrons. The van der Waals surface area contributed by atoms with Crippen molar-refractivity contribution in [2.75, 3.05) is 0 Å². The summed E-state index contributed by atoms with van der Waals surface area (Å²) in [6, 6.07) is 11.3. The van der Waals surface area contributed by atoms with Gasteiger partial charge in [0, 0.05) is 36.7 Å². The number of imidazole rings is 1. The number of nitrogens with zero attached hydrogens (tertiary/aromatic N) is 2. The quantitative estimate of drug-likeness (QED) is 0.577. The lowest BCUT2D eigenvalue weighted by atomic mass is 9.88. The van der Waals surface area contributed by atoms with Gasteiger partial charge in [0.25, 0.3) is 5.91 Å². The Balaban J connectivity index is 1.65. The number of pyridine rings is 1. The summed E-state index contributed by atoms with van der Waals surface area (Å²) in [6.45, 7) is 8.58. The number of Topliss-reactive ketones (excluding diaryl/α,β-unsaturated/α-hetero) is 1. The lowest BCUT2D eigenvalue weighted by Gasteiger charge is -2.16. The first kappa shape index (κ1) is 22.0. The number of rotatable bonds is 7. The van der Waals surface area contributed by atoms with E-state index in [4.69, 9.17) is 11.6 Å². The van der Waals surface area contributed by atoms with Crippen molar-refractivity contribution in [2.45, 2.75) is 53.5 Å². The monoisotopic (exact) mass is 425 g/mol. The normalized spacial score (nSPS) is 11.6. The molecule has 3 rings (SSSR count). The molecule has 6 heteroatoms. The van der Waals surface area contributed by atoms with E-state index < -0.39 is 0 Å². The third-order valence-corrected chi connectivity index (χ3v) is 5.05. The average Bonchev–Trinajstić information content (AvgIpc) is 3.03. The van der Waals surface area contributed by atoms with Gasteiger partial charge in [-0.15, -0.1) is 0 Å². The maximum absolute atomic E-state index is 12.9. The molecule has 0 aliphatic rings. The number of carbonyl (C=O) groups excluding carboxylic acids is 2. The van der Waals surface area contributed by atoms with Crippen LogP contribution in [0, 0.1) is 5.41 Å². The zero-order valence-corrected chi connectivity index (χ0v) is 18.7. The largest absolute Gasteiger partial charge is 0.347 e. The van der Waals surface area contributed by atoms with Crippen molar-refractivity contribution in [1.29, 1.82) is 0 Å². The summed E-state index contributed by atoms with van der Waals surface area (Å²) in [7, 11) is 0. The Morgan fingerprint density at radius 1 is 1.10 bits per heavy atom. The molecule has 158 valence electrons. The Morgan fingerprint density at radius 3 is 2.40 bits per heavy atom. The number of amides is 1. The Hall–Kier alpha value is -2.66. The van der Waals surface area contributed by atoms with E-state index in [0.29, 0.717) is 42.2 Å². The number of aryl methyl sites for hydroxylation is 1. The number of aromatic nitrogens is 2. The standard InChI is InChI=1S/C24H28ClN3O2/c1-5-20-22(28-11-10-18(25)13-21(28)27-20)23(30)26-15-17-8-6-16(7-9-17)12-19(29)14-24(2,3)4/h6-11,13H,5,12,14-15H2,1-4H3,(H,26,30). The summed E-state index contributed by atoms with van der Waals surface area (Å²) in [5, 5.41) is 3.56. The molecule has 0 spiro atoms. The lowest BCUT2D eigenvalue weighted by molar-refractivity contribution is -0.120. The number of nitrogens with one attached hydrogen (secondary N) is 1. The molecule has 0 saturated heterocycles. The van der Waals surface area contributed by atoms with Crippen molar-refractivity contribution in [3.05, 3.63) is 70.1 Å². The predicted octanol–water partition coefficient (Wildman–Crippen LogP) is 5.03. The van der Waals surface area contributed by atoms with Gasteiger partial charge >= 0.3 is 0 Å². The Labute approximate surface area is 182 Å². The summed E-state index contributed by atoms with van der Waals surface area (Å²) >= 11 is 6.04. The van der Waals surface area contributed by atoms with Gasteiger partial charge in [-0.2, -0.15) is 0 Å². The van der Waals surface area contributed by atoms with Crippen LogP contribution in [0.3, 0.4) is 0 Å². The molecule has 30 heavy (non-hydrogen) atoms. The van der Waals surface area contributed by atoms with Crippen LogP contribution in [0.15, 0.2) is 42.6 Å². The minimum Gasteiger partial charge on any atom is -0.347 e. The number of hydrogen-bond donors (Lipinski definition) is 1. The molecule has 1 amide bonds. The second-order valence-electron chi connectivity index (χ2n) is 8.79. The van der Waals surface area contributed by atoms with Crippen molar-refractivity contribution in [2.24, 2.45) is 5.41 Å². The maximum Gasteiger partial charge on any atom is 0.270 e. The van der Waals surface area contributed by atoms with Gasteiger partial charge in [0.1, 0.15) is 17.1 Å². The van der Waals surface area contributed by atoms with Crippen LogP contribution in [0.5, 0.6) is 0 Å². The summed E-state index contributed by atoms with van der Waals surface area (Å²) in [4.78, 5) is 29.5. The fourth-order valence-corrected chi connectivity index (χ4v) is 3.63. The van der Waals surface area contributed by atoms with Crippen LogP contribution in [-0.2, 0) is 24.2 Å². The molecule has 5 nitrogen and oxygen atoms in total. The van der Waals surface area contributed by atoms with E-state index in [1.807, 2.05) is 31.2 Å². The first-order chi connectivity index (χ1) is 14.2. The fraction of sp³-hybridized carbons (Fsp3) is 0.375. The van der Waals surface area contributed by atoms with Crippen LogP contribution in [-0.4, -0.2) is 21.1 Å². The summed E-state index contributed by atoms with van der Waals surface area (Å²) in [5.41, 5.74) is 3.91. The third-order valence-electron chi connectivity index (χ3n) is 4.82. The first-order valence-corrected chi connectivity index (χ1v) is 10.6. The highest BCUT2D eigenvalue weighted by Crippen LogP contribution is 2.20. The number of halogens is 1. The number of fused-ring (bicyclic) bond motifs is 1. The highest BCUT2D eigenvalue weighted by Gasteiger charge is 2.18. The summed E-state index contributed by atoms with van der Waals surface area (Å²) in [5.74, 6) is 0.0643. The molecule has 0 fully saturated rings. The van der Waals surface area contributed by atoms with Crippen molar-refractivity contribution in [3.63, 3.8) is 0 Å². The van der Waals surface area contributed by atoms with Gasteiger partial charge in [0.2, 0.25) is 0 Å². The Morgan fingerprint density at radius 2 is 1.77 bits per heavy atom. The van der Waals surface area contributed by atoms with Crippen LogP contribution >= 0.6 is 11.6 Å². The van der Waals surface area contributed by atoms with Crippen LogP contribution < -0.4 is 5.32 Å². The molecule has 1 aromatic carbocycles. The van der Waals surface area contributed by atoms with Gasteiger partial charge in [-0.25, -0.2) is 4.98 Å². The topological polar surface area (TPSA) is 63.5 Å². The molecule has 1 N–H and O–H groups in total. The third kappa shape index (κ3) is 5.48. The zero-order chi connectivity index (χ0) is 21.9. The molecular formula is C24H28ClN3O2. The highest BCUT2D eigenvalue weighted by atomic mass is 35.5. The molecule has 3 aromatic rings.